The monoisotopic (exact) mass is 300 g/mol. The molecule has 1 aliphatic carbocycles. The molecule has 1 aromatic rings. The molecule has 8 heteroatoms. The minimum absolute atomic E-state index is 0.0461. The van der Waals surface area contributed by atoms with Gasteiger partial charge in [-0.3, -0.25) is 0 Å². The van der Waals surface area contributed by atoms with E-state index in [1.807, 2.05) is 0 Å². The van der Waals surface area contributed by atoms with Crippen molar-refractivity contribution < 1.29 is 23.4 Å². The number of aromatic carboxylic acids is 1. The molecule has 1 saturated heterocycles. The van der Waals surface area contributed by atoms with Crippen LogP contribution in [0.3, 0.4) is 0 Å². The molecule has 1 aliphatic heterocycles. The molecule has 0 spiro atoms. The van der Waals surface area contributed by atoms with Gasteiger partial charge in [0.1, 0.15) is 10.6 Å². The topological polar surface area (TPSA) is 99.8 Å². The largest absolute Gasteiger partial charge is 0.477 e. The molecule has 0 amide bonds. The fourth-order valence-electron chi connectivity index (χ4n) is 2.65. The van der Waals surface area contributed by atoms with Gasteiger partial charge in [0, 0.05) is 26.3 Å². The minimum Gasteiger partial charge on any atom is -0.477 e. The van der Waals surface area contributed by atoms with Gasteiger partial charge < -0.3 is 14.8 Å². The molecule has 2 fully saturated rings. The molecule has 0 unspecified atom stereocenters. The number of hydrogen-bond acceptors (Lipinski definition) is 4. The zero-order valence-electron chi connectivity index (χ0n) is 11.0. The first-order valence-electron chi connectivity index (χ1n) is 6.36. The SMILES string of the molecule is Cn1cc(S(=O)(=O)N2CC(O)(C3CC3)C2)cc1C(=O)O. The predicted octanol–water partition coefficient (Wildman–Crippen LogP) is -0.131. The number of sulfonamides is 1. The summed E-state index contributed by atoms with van der Waals surface area (Å²) in [7, 11) is -2.24. The zero-order chi connectivity index (χ0) is 14.7. The standard InChI is InChI=1S/C12H16N2O5S/c1-13-5-9(4-10(13)11(15)16)20(18,19)14-6-12(17,7-14)8-2-3-8/h4-5,8,17H,2-3,6-7H2,1H3,(H,15,16). The first-order valence-corrected chi connectivity index (χ1v) is 7.80. The van der Waals surface area contributed by atoms with Crippen LogP contribution in [0.2, 0.25) is 0 Å². The van der Waals surface area contributed by atoms with Crippen LogP contribution >= 0.6 is 0 Å². The van der Waals surface area contributed by atoms with E-state index in [9.17, 15) is 18.3 Å². The maximum absolute atomic E-state index is 12.3. The highest BCUT2D eigenvalue weighted by molar-refractivity contribution is 7.89. The van der Waals surface area contributed by atoms with Gasteiger partial charge in [-0.1, -0.05) is 0 Å². The number of aromatic nitrogens is 1. The highest BCUT2D eigenvalue weighted by atomic mass is 32.2. The first kappa shape index (κ1) is 13.6. The molecule has 0 atom stereocenters. The van der Waals surface area contributed by atoms with Gasteiger partial charge in [-0.05, 0) is 24.8 Å². The van der Waals surface area contributed by atoms with E-state index in [4.69, 9.17) is 5.11 Å². The van der Waals surface area contributed by atoms with Gasteiger partial charge in [0.05, 0.1) is 5.60 Å². The molecule has 0 bridgehead atoms. The normalized spacial score (nSPS) is 22.5. The van der Waals surface area contributed by atoms with Crippen LogP contribution in [-0.4, -0.2) is 52.2 Å². The Morgan fingerprint density at radius 3 is 2.45 bits per heavy atom. The van der Waals surface area contributed by atoms with Crippen LogP contribution in [0.25, 0.3) is 0 Å². The van der Waals surface area contributed by atoms with Crippen LogP contribution in [-0.2, 0) is 17.1 Å². The van der Waals surface area contributed by atoms with Crippen LogP contribution in [0, 0.1) is 5.92 Å². The average Bonchev–Trinajstić information content (AvgIpc) is 3.07. The molecule has 1 saturated carbocycles. The molecule has 2 N–H and O–H groups in total. The first-order chi connectivity index (χ1) is 9.24. The van der Waals surface area contributed by atoms with Gasteiger partial charge in [0.25, 0.3) is 0 Å². The van der Waals surface area contributed by atoms with Crippen molar-refractivity contribution in [2.75, 3.05) is 13.1 Å². The number of aliphatic hydroxyl groups is 1. The van der Waals surface area contributed by atoms with E-state index >= 15 is 0 Å². The Balaban J connectivity index is 1.83. The second-order valence-corrected chi connectivity index (χ2v) is 7.57. The molecule has 110 valence electrons. The van der Waals surface area contributed by atoms with Gasteiger partial charge in [-0.25, -0.2) is 13.2 Å². The highest BCUT2D eigenvalue weighted by Gasteiger charge is 2.55. The minimum atomic E-state index is -3.73. The average molecular weight is 300 g/mol. The summed E-state index contributed by atoms with van der Waals surface area (Å²) in [6, 6.07) is 1.15. The summed E-state index contributed by atoms with van der Waals surface area (Å²) in [5.41, 5.74) is -0.973. The summed E-state index contributed by atoms with van der Waals surface area (Å²) in [5.74, 6) is -0.966. The Labute approximate surface area is 116 Å². The van der Waals surface area contributed by atoms with E-state index in [0.29, 0.717) is 0 Å². The van der Waals surface area contributed by atoms with Crippen molar-refractivity contribution in [2.24, 2.45) is 13.0 Å². The van der Waals surface area contributed by atoms with Crippen LogP contribution in [0.4, 0.5) is 0 Å². The van der Waals surface area contributed by atoms with Gasteiger partial charge in [-0.2, -0.15) is 4.31 Å². The summed E-state index contributed by atoms with van der Waals surface area (Å²) in [6.45, 7) is 0.189. The quantitative estimate of drug-likeness (QED) is 0.807. The molecule has 20 heavy (non-hydrogen) atoms. The van der Waals surface area contributed by atoms with E-state index in [1.54, 1.807) is 0 Å². The van der Waals surface area contributed by atoms with E-state index in [2.05, 4.69) is 0 Å². The van der Waals surface area contributed by atoms with Crippen molar-refractivity contribution in [2.45, 2.75) is 23.3 Å². The van der Waals surface area contributed by atoms with Gasteiger partial charge in [0.15, 0.2) is 0 Å². The Bertz CT molecular complexity index is 668. The molecule has 1 aromatic heterocycles. The van der Waals surface area contributed by atoms with Crippen LogP contribution in [0.1, 0.15) is 23.3 Å². The second-order valence-electron chi connectivity index (χ2n) is 5.63. The van der Waals surface area contributed by atoms with Crippen molar-refractivity contribution in [1.29, 1.82) is 0 Å². The van der Waals surface area contributed by atoms with Crippen molar-refractivity contribution >= 4 is 16.0 Å². The Morgan fingerprint density at radius 2 is 2.00 bits per heavy atom. The maximum Gasteiger partial charge on any atom is 0.352 e. The van der Waals surface area contributed by atoms with Crippen LogP contribution in [0.5, 0.6) is 0 Å². The van der Waals surface area contributed by atoms with Crippen molar-refractivity contribution in [3.63, 3.8) is 0 Å². The molecule has 2 heterocycles. The molecule has 0 aromatic carbocycles. The summed E-state index contributed by atoms with van der Waals surface area (Å²) in [4.78, 5) is 10.9. The summed E-state index contributed by atoms with van der Waals surface area (Å²) < 4.78 is 27.2. The molecule has 3 rings (SSSR count). The number of carboxylic acids is 1. The molecular weight excluding hydrogens is 284 g/mol. The van der Waals surface area contributed by atoms with Crippen LogP contribution in [0.15, 0.2) is 17.2 Å². The van der Waals surface area contributed by atoms with E-state index in [-0.39, 0.29) is 29.6 Å². The lowest BCUT2D eigenvalue weighted by atomic mass is 9.91. The van der Waals surface area contributed by atoms with Crippen molar-refractivity contribution in [3.05, 3.63) is 18.0 Å². The fourth-order valence-corrected chi connectivity index (χ4v) is 4.29. The third-order valence-electron chi connectivity index (χ3n) is 4.07. The number of carbonyl (C=O) groups is 1. The number of hydrogen-bond donors (Lipinski definition) is 2. The molecular formula is C12H16N2O5S. The highest BCUT2D eigenvalue weighted by Crippen LogP contribution is 2.45. The Hall–Kier alpha value is -1.38. The number of aryl methyl sites for hydroxylation is 1. The van der Waals surface area contributed by atoms with Crippen LogP contribution < -0.4 is 0 Å². The van der Waals surface area contributed by atoms with E-state index < -0.39 is 21.6 Å². The molecule has 0 radical (unpaired) electrons. The number of rotatable bonds is 4. The lowest BCUT2D eigenvalue weighted by Gasteiger charge is -2.45. The third kappa shape index (κ3) is 1.95. The summed E-state index contributed by atoms with van der Waals surface area (Å²) in [5, 5.41) is 19.1. The smallest absolute Gasteiger partial charge is 0.352 e. The number of β-amino-alcohol motifs (C(OH)–C–C–N with tert-alkyl or cyclic N) is 1. The fraction of sp³-hybridized carbons (Fsp3) is 0.583. The summed E-state index contributed by atoms with van der Waals surface area (Å²) in [6.07, 6.45) is 3.17. The van der Waals surface area contributed by atoms with Gasteiger partial charge in [-0.15, -0.1) is 0 Å². The van der Waals surface area contributed by atoms with Gasteiger partial charge in [0.2, 0.25) is 10.0 Å². The maximum atomic E-state index is 12.3. The third-order valence-corrected chi connectivity index (χ3v) is 5.83. The van der Waals surface area contributed by atoms with Gasteiger partial charge >= 0.3 is 5.97 Å². The Morgan fingerprint density at radius 1 is 1.40 bits per heavy atom. The van der Waals surface area contributed by atoms with E-state index in [0.717, 1.165) is 18.9 Å². The lowest BCUT2D eigenvalue weighted by Crippen LogP contribution is -2.64. The Kier molecular flexibility index (Phi) is 2.76. The zero-order valence-corrected chi connectivity index (χ0v) is 11.8. The molecule has 2 aliphatic rings. The van der Waals surface area contributed by atoms with Crippen molar-refractivity contribution in [3.8, 4) is 0 Å². The number of nitrogens with zero attached hydrogens (tertiary/aromatic N) is 2. The van der Waals surface area contributed by atoms with E-state index in [1.165, 1.54) is 22.1 Å². The van der Waals surface area contributed by atoms with Crippen molar-refractivity contribution in [1.82, 2.24) is 8.87 Å². The predicted molar refractivity (Wildman–Crippen MR) is 68.8 cm³/mol. The summed E-state index contributed by atoms with van der Waals surface area (Å²) >= 11 is 0. The molecule has 7 nitrogen and oxygen atoms in total. The number of carboxylic acid groups (broad SMARTS) is 1. The second kappa shape index (κ2) is 4.06. The lowest BCUT2D eigenvalue weighted by molar-refractivity contribution is -0.0764.